The summed E-state index contributed by atoms with van der Waals surface area (Å²) in [4.78, 5) is 11.1. The van der Waals surface area contributed by atoms with Crippen LogP contribution in [0.3, 0.4) is 0 Å². The van der Waals surface area contributed by atoms with Gasteiger partial charge in [0.15, 0.2) is 0 Å². The minimum Gasteiger partial charge on any atom is -0.465 e. The second-order valence-corrected chi connectivity index (χ2v) is 2.64. The molecule has 0 bridgehead atoms. The second kappa shape index (κ2) is 5.50. The van der Waals surface area contributed by atoms with E-state index < -0.39 is 12.4 Å². The third-order valence-corrected chi connectivity index (χ3v) is 1.72. The summed E-state index contributed by atoms with van der Waals surface area (Å²) in [6, 6.07) is 3.60. The van der Waals surface area contributed by atoms with Crippen LogP contribution in [0.2, 0.25) is 0 Å². The highest BCUT2D eigenvalue weighted by atomic mass is 35.5. The summed E-state index contributed by atoms with van der Waals surface area (Å²) in [6.45, 7) is 0. The van der Waals surface area contributed by atoms with Gasteiger partial charge in [-0.25, -0.2) is 13.6 Å². The van der Waals surface area contributed by atoms with Crippen LogP contribution in [0.5, 0.6) is 0 Å². The van der Waals surface area contributed by atoms with Crippen molar-refractivity contribution in [2.75, 3.05) is 12.8 Å². The van der Waals surface area contributed by atoms with Crippen LogP contribution in [0.25, 0.3) is 0 Å². The van der Waals surface area contributed by atoms with Crippen LogP contribution in [0.1, 0.15) is 22.3 Å². The molecule has 0 aromatic heterocycles. The van der Waals surface area contributed by atoms with Crippen LogP contribution in [0, 0.1) is 0 Å². The summed E-state index contributed by atoms with van der Waals surface area (Å²) in [5, 5.41) is 0. The van der Waals surface area contributed by atoms with Crippen molar-refractivity contribution in [1.82, 2.24) is 0 Å². The average Bonchev–Trinajstić information content (AvgIpc) is 2.16. The van der Waals surface area contributed by atoms with Gasteiger partial charge in [0.05, 0.1) is 12.7 Å². The molecule has 0 aliphatic rings. The molecule has 0 saturated heterocycles. The van der Waals surface area contributed by atoms with Gasteiger partial charge in [0.1, 0.15) is 0 Å². The number of esters is 1. The van der Waals surface area contributed by atoms with Gasteiger partial charge in [-0.1, -0.05) is 6.07 Å². The van der Waals surface area contributed by atoms with Crippen LogP contribution in [-0.2, 0) is 4.74 Å². The van der Waals surface area contributed by atoms with Gasteiger partial charge in [0.2, 0.25) is 0 Å². The van der Waals surface area contributed by atoms with Crippen molar-refractivity contribution >= 4 is 24.1 Å². The van der Waals surface area contributed by atoms with E-state index in [-0.39, 0.29) is 29.2 Å². The Morgan fingerprint density at radius 1 is 1.47 bits per heavy atom. The van der Waals surface area contributed by atoms with Gasteiger partial charge >= 0.3 is 5.97 Å². The van der Waals surface area contributed by atoms with Gasteiger partial charge < -0.3 is 10.5 Å². The van der Waals surface area contributed by atoms with Crippen LogP contribution in [-0.4, -0.2) is 13.1 Å². The number of carbonyl (C=O) groups is 1. The Balaban J connectivity index is 0.00000196. The monoisotopic (exact) mass is 237 g/mol. The van der Waals surface area contributed by atoms with Gasteiger partial charge in [0.25, 0.3) is 6.43 Å². The minimum atomic E-state index is -2.72. The first-order valence-electron chi connectivity index (χ1n) is 3.82. The van der Waals surface area contributed by atoms with E-state index in [4.69, 9.17) is 5.73 Å². The first-order valence-corrected chi connectivity index (χ1v) is 3.82. The van der Waals surface area contributed by atoms with E-state index in [9.17, 15) is 13.6 Å². The molecule has 0 heterocycles. The second-order valence-electron chi connectivity index (χ2n) is 2.64. The number of anilines is 1. The van der Waals surface area contributed by atoms with E-state index in [2.05, 4.69) is 4.74 Å². The molecule has 3 nitrogen and oxygen atoms in total. The fraction of sp³-hybridized carbons (Fsp3) is 0.222. The number of halogens is 3. The Kier molecular flexibility index (Phi) is 5.00. The number of hydrogen-bond acceptors (Lipinski definition) is 3. The first-order chi connectivity index (χ1) is 6.56. The Morgan fingerprint density at radius 3 is 2.53 bits per heavy atom. The summed E-state index contributed by atoms with van der Waals surface area (Å²) >= 11 is 0. The van der Waals surface area contributed by atoms with Crippen LogP contribution in [0.4, 0.5) is 14.5 Å². The molecule has 1 aromatic rings. The highest BCUT2D eigenvalue weighted by molar-refractivity contribution is 5.92. The number of alkyl halides is 2. The minimum absolute atomic E-state index is 0. The summed E-state index contributed by atoms with van der Waals surface area (Å²) in [6.07, 6.45) is -2.72. The molecular weight excluding hydrogens is 228 g/mol. The molecule has 0 amide bonds. The molecule has 0 spiro atoms. The number of rotatable bonds is 2. The fourth-order valence-corrected chi connectivity index (χ4v) is 1.05. The topological polar surface area (TPSA) is 52.3 Å². The molecule has 0 saturated carbocycles. The van der Waals surface area contributed by atoms with Crippen molar-refractivity contribution < 1.29 is 18.3 Å². The number of ether oxygens (including phenoxy) is 1. The van der Waals surface area contributed by atoms with Crippen LogP contribution in [0.15, 0.2) is 18.2 Å². The van der Waals surface area contributed by atoms with Gasteiger partial charge in [-0.2, -0.15) is 0 Å². The third kappa shape index (κ3) is 3.06. The van der Waals surface area contributed by atoms with Gasteiger partial charge in [0, 0.05) is 11.3 Å². The SMILES string of the molecule is COC(=O)c1cc(N)ccc1C(F)F.Cl. The molecule has 0 atom stereocenters. The van der Waals surface area contributed by atoms with E-state index in [1.54, 1.807) is 0 Å². The van der Waals surface area contributed by atoms with Gasteiger partial charge in [-0.15, -0.1) is 12.4 Å². The average molecular weight is 238 g/mol. The maximum atomic E-state index is 12.4. The number of benzene rings is 1. The molecule has 0 fully saturated rings. The van der Waals surface area contributed by atoms with Gasteiger partial charge in [-0.05, 0) is 12.1 Å². The van der Waals surface area contributed by atoms with E-state index in [1.165, 1.54) is 12.1 Å². The van der Waals surface area contributed by atoms with E-state index in [1.807, 2.05) is 0 Å². The fourth-order valence-electron chi connectivity index (χ4n) is 1.05. The smallest absolute Gasteiger partial charge is 0.338 e. The molecule has 0 radical (unpaired) electrons. The predicted molar refractivity (Wildman–Crippen MR) is 54.4 cm³/mol. The number of nitrogen functional groups attached to an aromatic ring is 1. The van der Waals surface area contributed by atoms with Crippen molar-refractivity contribution in [3.8, 4) is 0 Å². The third-order valence-electron chi connectivity index (χ3n) is 1.72. The largest absolute Gasteiger partial charge is 0.465 e. The molecule has 6 heteroatoms. The molecule has 0 aliphatic carbocycles. The van der Waals surface area contributed by atoms with Crippen LogP contribution >= 0.6 is 12.4 Å². The lowest BCUT2D eigenvalue weighted by atomic mass is 10.1. The van der Waals surface area contributed by atoms with E-state index in [0.29, 0.717) is 0 Å². The Labute approximate surface area is 91.6 Å². The molecule has 0 aliphatic heterocycles. The lowest BCUT2D eigenvalue weighted by Gasteiger charge is -2.07. The zero-order valence-corrected chi connectivity index (χ0v) is 8.68. The quantitative estimate of drug-likeness (QED) is 0.635. The maximum absolute atomic E-state index is 12.4. The predicted octanol–water partition coefficient (Wildman–Crippen LogP) is 2.41. The van der Waals surface area contributed by atoms with Crippen molar-refractivity contribution in [2.45, 2.75) is 6.43 Å². The standard InChI is InChI=1S/C9H9F2NO2.ClH/c1-14-9(13)7-4-5(12)2-3-6(7)8(10)11;/h2-4,8H,12H2,1H3;1H. The normalized spacial score (nSPS) is 9.60. The Morgan fingerprint density at radius 2 is 2.07 bits per heavy atom. The van der Waals surface area contributed by atoms with Crippen molar-refractivity contribution in [1.29, 1.82) is 0 Å². The number of methoxy groups -OCH3 is 1. The number of nitrogens with two attached hydrogens (primary N) is 1. The van der Waals surface area contributed by atoms with Crippen molar-refractivity contribution in [3.05, 3.63) is 29.3 Å². The zero-order valence-electron chi connectivity index (χ0n) is 7.87. The number of carbonyl (C=O) groups excluding carboxylic acids is 1. The van der Waals surface area contributed by atoms with Crippen LogP contribution < -0.4 is 5.73 Å². The van der Waals surface area contributed by atoms with E-state index in [0.717, 1.165) is 13.2 Å². The molecular formula is C9H10ClF2NO2. The molecule has 0 unspecified atom stereocenters. The molecule has 15 heavy (non-hydrogen) atoms. The summed E-state index contributed by atoms with van der Waals surface area (Å²) < 4.78 is 29.2. The summed E-state index contributed by atoms with van der Waals surface area (Å²) in [5.74, 6) is -0.812. The highest BCUT2D eigenvalue weighted by Crippen LogP contribution is 2.25. The number of hydrogen-bond donors (Lipinski definition) is 1. The highest BCUT2D eigenvalue weighted by Gasteiger charge is 2.18. The molecule has 84 valence electrons. The zero-order chi connectivity index (χ0) is 10.7. The Bertz CT molecular complexity index is 358. The van der Waals surface area contributed by atoms with E-state index >= 15 is 0 Å². The first kappa shape index (κ1) is 13.6. The van der Waals surface area contributed by atoms with Crippen molar-refractivity contribution in [2.24, 2.45) is 0 Å². The Hall–Kier alpha value is -1.36. The molecule has 2 N–H and O–H groups in total. The molecule has 1 aromatic carbocycles. The lowest BCUT2D eigenvalue weighted by Crippen LogP contribution is -2.06. The summed E-state index contributed by atoms with van der Waals surface area (Å²) in [5.41, 5.74) is 5.05. The molecule has 1 rings (SSSR count). The lowest BCUT2D eigenvalue weighted by molar-refractivity contribution is 0.0589. The van der Waals surface area contributed by atoms with Gasteiger partial charge in [-0.3, -0.25) is 0 Å². The van der Waals surface area contributed by atoms with Crippen molar-refractivity contribution in [3.63, 3.8) is 0 Å². The summed E-state index contributed by atoms with van der Waals surface area (Å²) in [7, 11) is 1.13. The maximum Gasteiger partial charge on any atom is 0.338 e.